The topological polar surface area (TPSA) is 26.3 Å². The van der Waals surface area contributed by atoms with Crippen LogP contribution in [0.5, 0.6) is 0 Å². The Labute approximate surface area is 96.4 Å². The largest absolute Gasteiger partial charge is 0.461 e. The number of benzene rings is 1. The van der Waals surface area contributed by atoms with E-state index in [0.717, 1.165) is 24.3 Å². The van der Waals surface area contributed by atoms with Gasteiger partial charge >= 0.3 is 12.1 Å². The molecule has 0 bridgehead atoms. The molecule has 5 heteroatoms. The van der Waals surface area contributed by atoms with Gasteiger partial charge in [0.1, 0.15) is 6.61 Å². The summed E-state index contributed by atoms with van der Waals surface area (Å²) < 4.78 is 41.4. The van der Waals surface area contributed by atoms with Gasteiger partial charge in [0.25, 0.3) is 0 Å². The van der Waals surface area contributed by atoms with Gasteiger partial charge < -0.3 is 4.74 Å². The van der Waals surface area contributed by atoms with Crippen LogP contribution in [0.2, 0.25) is 0 Å². The Bertz CT molecular complexity index is 427. The van der Waals surface area contributed by atoms with Crippen molar-refractivity contribution in [3.8, 4) is 12.3 Å². The highest BCUT2D eigenvalue weighted by Gasteiger charge is 2.30. The predicted molar refractivity (Wildman–Crippen MR) is 55.2 cm³/mol. The Morgan fingerprint density at radius 3 is 2.35 bits per heavy atom. The Morgan fingerprint density at radius 1 is 1.29 bits per heavy atom. The molecule has 17 heavy (non-hydrogen) atoms. The average molecular weight is 242 g/mol. The van der Waals surface area contributed by atoms with Crippen molar-refractivity contribution >= 4 is 5.97 Å². The third-order valence-electron chi connectivity index (χ3n) is 1.93. The van der Waals surface area contributed by atoms with Crippen molar-refractivity contribution in [1.29, 1.82) is 0 Å². The fourth-order valence-electron chi connectivity index (χ4n) is 1.08. The van der Waals surface area contributed by atoms with Gasteiger partial charge in [0.05, 0.1) is 11.1 Å². The number of hydrogen-bond acceptors (Lipinski definition) is 2. The standard InChI is InChI=1S/C12H9F3O2/c1-2-3-8-17-11(16)9-4-6-10(7-5-9)12(13,14)15/h1,4-7H,3,8H2. The molecule has 0 heterocycles. The normalized spacial score (nSPS) is 10.7. The van der Waals surface area contributed by atoms with Gasteiger partial charge in [-0.15, -0.1) is 12.3 Å². The van der Waals surface area contributed by atoms with Crippen molar-refractivity contribution in [1.82, 2.24) is 0 Å². The molecular formula is C12H9F3O2. The van der Waals surface area contributed by atoms with Crippen LogP contribution in [0.15, 0.2) is 24.3 Å². The molecule has 1 aromatic rings. The van der Waals surface area contributed by atoms with Crippen LogP contribution in [0, 0.1) is 12.3 Å². The molecule has 0 amide bonds. The molecule has 2 nitrogen and oxygen atoms in total. The maximum atomic E-state index is 12.2. The summed E-state index contributed by atoms with van der Waals surface area (Å²) in [5.41, 5.74) is -0.743. The van der Waals surface area contributed by atoms with E-state index in [0.29, 0.717) is 0 Å². The zero-order chi connectivity index (χ0) is 12.9. The maximum Gasteiger partial charge on any atom is 0.416 e. The van der Waals surface area contributed by atoms with Crippen LogP contribution >= 0.6 is 0 Å². The molecule has 0 spiro atoms. The Hall–Kier alpha value is -1.96. The highest BCUT2D eigenvalue weighted by atomic mass is 19.4. The lowest BCUT2D eigenvalue weighted by Gasteiger charge is -2.07. The summed E-state index contributed by atoms with van der Waals surface area (Å²) in [6, 6.07) is 3.80. The highest BCUT2D eigenvalue weighted by molar-refractivity contribution is 5.89. The minimum absolute atomic E-state index is 0.0519. The summed E-state index contributed by atoms with van der Waals surface area (Å²) in [6.45, 7) is 0.0519. The Balaban J connectivity index is 2.68. The fraction of sp³-hybridized carbons (Fsp3) is 0.250. The fourth-order valence-corrected chi connectivity index (χ4v) is 1.08. The summed E-state index contributed by atoms with van der Waals surface area (Å²) in [4.78, 5) is 11.3. The van der Waals surface area contributed by atoms with Crippen molar-refractivity contribution in [2.75, 3.05) is 6.61 Å². The van der Waals surface area contributed by atoms with Crippen LogP contribution in [0.4, 0.5) is 13.2 Å². The first-order valence-corrected chi connectivity index (χ1v) is 4.73. The first-order valence-electron chi connectivity index (χ1n) is 4.73. The van der Waals surface area contributed by atoms with E-state index in [-0.39, 0.29) is 18.6 Å². The number of ether oxygens (including phenoxy) is 1. The van der Waals surface area contributed by atoms with Crippen LogP contribution in [-0.4, -0.2) is 12.6 Å². The molecule has 0 radical (unpaired) electrons. The second-order valence-electron chi connectivity index (χ2n) is 3.17. The quantitative estimate of drug-likeness (QED) is 0.463. The second kappa shape index (κ2) is 5.39. The van der Waals surface area contributed by atoms with Crippen LogP contribution in [0.25, 0.3) is 0 Å². The first kappa shape index (κ1) is 13.1. The van der Waals surface area contributed by atoms with Crippen LogP contribution in [-0.2, 0) is 10.9 Å². The molecule has 0 unspecified atom stereocenters. The van der Waals surface area contributed by atoms with Crippen molar-refractivity contribution in [2.45, 2.75) is 12.6 Å². The third-order valence-corrected chi connectivity index (χ3v) is 1.93. The number of rotatable bonds is 3. The molecular weight excluding hydrogens is 233 g/mol. The van der Waals surface area contributed by atoms with E-state index in [2.05, 4.69) is 5.92 Å². The van der Waals surface area contributed by atoms with Gasteiger partial charge in [-0.3, -0.25) is 0 Å². The van der Waals surface area contributed by atoms with Gasteiger partial charge in [0.15, 0.2) is 0 Å². The predicted octanol–water partition coefficient (Wildman–Crippen LogP) is 2.89. The second-order valence-corrected chi connectivity index (χ2v) is 3.17. The molecule has 0 saturated carbocycles. The van der Waals surface area contributed by atoms with Crippen molar-refractivity contribution in [3.05, 3.63) is 35.4 Å². The number of esters is 1. The van der Waals surface area contributed by atoms with Gasteiger partial charge in [0.2, 0.25) is 0 Å². The number of hydrogen-bond donors (Lipinski definition) is 0. The molecule has 1 rings (SSSR count). The number of alkyl halides is 3. The summed E-state index contributed by atoms with van der Waals surface area (Å²) in [5.74, 6) is 1.59. The van der Waals surface area contributed by atoms with Crippen LogP contribution in [0.1, 0.15) is 22.3 Å². The molecule has 0 atom stereocenters. The number of halogens is 3. The SMILES string of the molecule is C#CCCOC(=O)c1ccc(C(F)(F)F)cc1. The molecule has 90 valence electrons. The van der Waals surface area contributed by atoms with Crippen LogP contribution in [0.3, 0.4) is 0 Å². The van der Waals surface area contributed by atoms with E-state index >= 15 is 0 Å². The van der Waals surface area contributed by atoms with Gasteiger partial charge in [-0.2, -0.15) is 13.2 Å². The van der Waals surface area contributed by atoms with E-state index in [4.69, 9.17) is 11.2 Å². The molecule has 0 N–H and O–H groups in total. The Kier molecular flexibility index (Phi) is 4.16. The van der Waals surface area contributed by atoms with Crippen molar-refractivity contribution in [2.24, 2.45) is 0 Å². The lowest BCUT2D eigenvalue weighted by molar-refractivity contribution is -0.137. The van der Waals surface area contributed by atoms with E-state index in [1.165, 1.54) is 0 Å². The van der Waals surface area contributed by atoms with E-state index in [1.807, 2.05) is 0 Å². The van der Waals surface area contributed by atoms with Crippen molar-refractivity contribution < 1.29 is 22.7 Å². The molecule has 0 aliphatic carbocycles. The van der Waals surface area contributed by atoms with Gasteiger partial charge in [-0.05, 0) is 24.3 Å². The summed E-state index contributed by atoms with van der Waals surface area (Å²) in [7, 11) is 0. The number of carbonyl (C=O) groups excluding carboxylic acids is 1. The van der Waals surface area contributed by atoms with Gasteiger partial charge in [-0.1, -0.05) is 0 Å². The Morgan fingerprint density at radius 2 is 1.88 bits per heavy atom. The smallest absolute Gasteiger partial charge is 0.416 e. The number of terminal acetylenes is 1. The third kappa shape index (κ3) is 3.83. The van der Waals surface area contributed by atoms with E-state index < -0.39 is 17.7 Å². The van der Waals surface area contributed by atoms with Crippen LogP contribution < -0.4 is 0 Å². The molecule has 1 aromatic carbocycles. The zero-order valence-electron chi connectivity index (χ0n) is 8.75. The number of carbonyl (C=O) groups is 1. The summed E-state index contributed by atoms with van der Waals surface area (Å²) in [6.07, 6.45) is 0.814. The molecule has 0 aliphatic rings. The maximum absolute atomic E-state index is 12.2. The summed E-state index contributed by atoms with van der Waals surface area (Å²) in [5, 5.41) is 0. The lowest BCUT2D eigenvalue weighted by atomic mass is 10.1. The minimum Gasteiger partial charge on any atom is -0.461 e. The minimum atomic E-state index is -4.41. The lowest BCUT2D eigenvalue weighted by Crippen LogP contribution is -2.08. The van der Waals surface area contributed by atoms with Gasteiger partial charge in [0, 0.05) is 6.42 Å². The monoisotopic (exact) mass is 242 g/mol. The molecule has 0 aliphatic heterocycles. The molecule has 0 saturated heterocycles. The molecule has 0 aromatic heterocycles. The zero-order valence-corrected chi connectivity index (χ0v) is 8.75. The van der Waals surface area contributed by atoms with Crippen molar-refractivity contribution in [3.63, 3.8) is 0 Å². The summed E-state index contributed by atoms with van der Waals surface area (Å²) >= 11 is 0. The highest BCUT2D eigenvalue weighted by Crippen LogP contribution is 2.29. The molecule has 0 fully saturated rings. The average Bonchev–Trinajstić information content (AvgIpc) is 2.28. The van der Waals surface area contributed by atoms with E-state index in [9.17, 15) is 18.0 Å². The van der Waals surface area contributed by atoms with E-state index in [1.54, 1.807) is 0 Å². The first-order chi connectivity index (χ1) is 7.95. The van der Waals surface area contributed by atoms with Gasteiger partial charge in [-0.25, -0.2) is 4.79 Å².